The fraction of sp³-hybridized carbons (Fsp3) is 0.333. The Morgan fingerprint density at radius 1 is 1.30 bits per heavy atom. The van der Waals surface area contributed by atoms with Gasteiger partial charge in [-0.3, -0.25) is 9.59 Å². The number of rotatable bonds is 7. The zero-order chi connectivity index (χ0) is 18.8. The number of nitrogens with one attached hydrogen (secondary N) is 2. The van der Waals surface area contributed by atoms with Gasteiger partial charge in [0.05, 0.1) is 10.6 Å². The molecule has 0 unspecified atom stereocenters. The summed E-state index contributed by atoms with van der Waals surface area (Å²) in [6, 6.07) is 10.7. The topological polar surface area (TPSA) is 71.2 Å². The molecule has 1 saturated carbocycles. The molecule has 6 heteroatoms. The molecule has 2 heterocycles. The van der Waals surface area contributed by atoms with Crippen LogP contribution in [0.4, 0.5) is 0 Å². The predicted octanol–water partition coefficient (Wildman–Crippen LogP) is 3.96. The first kappa shape index (κ1) is 17.8. The Morgan fingerprint density at radius 3 is 2.89 bits per heavy atom. The molecule has 1 aliphatic carbocycles. The summed E-state index contributed by atoms with van der Waals surface area (Å²) in [5, 5.41) is 6.00. The number of H-pyrrole nitrogens is 1. The van der Waals surface area contributed by atoms with Crippen LogP contribution in [0.15, 0.2) is 35.7 Å². The molecule has 0 aliphatic heterocycles. The van der Waals surface area contributed by atoms with E-state index in [1.165, 1.54) is 5.56 Å². The minimum absolute atomic E-state index is 0.194. The number of carbonyl (C=O) groups excluding carboxylic acids is 2. The number of fused-ring (bicyclic) bond motifs is 1. The van der Waals surface area contributed by atoms with Gasteiger partial charge < -0.3 is 15.0 Å². The van der Waals surface area contributed by atoms with Crippen LogP contribution >= 0.6 is 11.3 Å². The van der Waals surface area contributed by atoms with E-state index in [1.54, 1.807) is 11.3 Å². The van der Waals surface area contributed by atoms with Gasteiger partial charge in [-0.1, -0.05) is 17.7 Å². The second-order valence-electron chi connectivity index (χ2n) is 7.01. The molecule has 3 aromatic rings. The molecule has 1 fully saturated rings. The maximum absolute atomic E-state index is 12.1. The minimum atomic E-state index is -0.347. The minimum Gasteiger partial charge on any atom is -0.456 e. The van der Waals surface area contributed by atoms with Gasteiger partial charge in [0.15, 0.2) is 6.61 Å². The quantitative estimate of drug-likeness (QED) is 0.608. The second-order valence-corrected chi connectivity index (χ2v) is 7.96. The number of esters is 1. The van der Waals surface area contributed by atoms with Crippen molar-refractivity contribution in [2.75, 3.05) is 6.61 Å². The highest BCUT2D eigenvalue weighted by atomic mass is 32.1. The summed E-state index contributed by atoms with van der Waals surface area (Å²) < 4.78 is 5.14. The van der Waals surface area contributed by atoms with Crippen molar-refractivity contribution < 1.29 is 14.3 Å². The van der Waals surface area contributed by atoms with Crippen molar-refractivity contribution in [3.05, 3.63) is 46.8 Å². The molecule has 2 aromatic heterocycles. The van der Waals surface area contributed by atoms with Gasteiger partial charge in [0, 0.05) is 23.4 Å². The fourth-order valence-electron chi connectivity index (χ4n) is 3.19. The van der Waals surface area contributed by atoms with Crippen LogP contribution in [0.25, 0.3) is 21.5 Å². The third-order valence-corrected chi connectivity index (χ3v) is 5.60. The average molecular weight is 382 g/mol. The molecular weight excluding hydrogens is 360 g/mol. The highest BCUT2D eigenvalue weighted by molar-refractivity contribution is 7.13. The molecule has 0 bridgehead atoms. The van der Waals surface area contributed by atoms with E-state index in [9.17, 15) is 9.59 Å². The molecule has 5 nitrogen and oxygen atoms in total. The Balaban J connectivity index is 1.47. The van der Waals surface area contributed by atoms with Crippen LogP contribution in [0.5, 0.6) is 0 Å². The van der Waals surface area contributed by atoms with Gasteiger partial charge in [-0.25, -0.2) is 0 Å². The molecular formula is C21H22N2O3S. The SMILES string of the molecule is Cc1ccc2[nH]c(-c3cccs3)c(CCC(=O)OCC(=O)NC3CC3)c2c1. The van der Waals surface area contributed by atoms with Crippen LogP contribution in [0.1, 0.15) is 30.4 Å². The van der Waals surface area contributed by atoms with Gasteiger partial charge in [-0.2, -0.15) is 0 Å². The Bertz CT molecular complexity index is 971. The number of hydrogen-bond donors (Lipinski definition) is 2. The van der Waals surface area contributed by atoms with Crippen molar-refractivity contribution in [2.45, 2.75) is 38.6 Å². The lowest BCUT2D eigenvalue weighted by Gasteiger charge is -2.06. The zero-order valence-corrected chi connectivity index (χ0v) is 16.0. The number of thiophene rings is 1. The largest absolute Gasteiger partial charge is 0.456 e. The van der Waals surface area contributed by atoms with Crippen LogP contribution in [-0.4, -0.2) is 29.5 Å². The van der Waals surface area contributed by atoms with Crippen LogP contribution in [-0.2, 0) is 20.7 Å². The van der Waals surface area contributed by atoms with E-state index in [-0.39, 0.29) is 30.9 Å². The molecule has 27 heavy (non-hydrogen) atoms. The molecule has 0 radical (unpaired) electrons. The molecule has 4 rings (SSSR count). The summed E-state index contributed by atoms with van der Waals surface area (Å²) >= 11 is 1.67. The summed E-state index contributed by atoms with van der Waals surface area (Å²) in [4.78, 5) is 28.4. The van der Waals surface area contributed by atoms with Gasteiger partial charge >= 0.3 is 5.97 Å². The smallest absolute Gasteiger partial charge is 0.306 e. The summed E-state index contributed by atoms with van der Waals surface area (Å²) in [7, 11) is 0. The van der Waals surface area contributed by atoms with E-state index >= 15 is 0 Å². The van der Waals surface area contributed by atoms with Crippen molar-refractivity contribution in [2.24, 2.45) is 0 Å². The number of aromatic nitrogens is 1. The van der Waals surface area contributed by atoms with Gasteiger partial charge in [0.1, 0.15) is 0 Å². The van der Waals surface area contributed by atoms with Crippen LogP contribution < -0.4 is 5.32 Å². The number of ether oxygens (including phenoxy) is 1. The first-order chi connectivity index (χ1) is 13.1. The number of aryl methyl sites for hydroxylation is 2. The van der Waals surface area contributed by atoms with Gasteiger partial charge in [-0.15, -0.1) is 11.3 Å². The monoisotopic (exact) mass is 382 g/mol. The Morgan fingerprint density at radius 2 is 2.15 bits per heavy atom. The third-order valence-electron chi connectivity index (χ3n) is 4.72. The zero-order valence-electron chi connectivity index (χ0n) is 15.2. The highest BCUT2D eigenvalue weighted by Crippen LogP contribution is 2.34. The molecule has 0 saturated heterocycles. The van der Waals surface area contributed by atoms with Crippen LogP contribution in [0, 0.1) is 6.92 Å². The van der Waals surface area contributed by atoms with Gasteiger partial charge in [0.25, 0.3) is 5.91 Å². The number of amides is 1. The summed E-state index contributed by atoms with van der Waals surface area (Å²) in [5.74, 6) is -0.562. The van der Waals surface area contributed by atoms with E-state index in [1.807, 2.05) is 11.4 Å². The fourth-order valence-corrected chi connectivity index (χ4v) is 3.95. The second kappa shape index (κ2) is 7.56. The summed E-state index contributed by atoms with van der Waals surface area (Å²) in [6.45, 7) is 1.87. The van der Waals surface area contributed by atoms with Crippen molar-refractivity contribution >= 4 is 34.1 Å². The lowest BCUT2D eigenvalue weighted by molar-refractivity contribution is -0.148. The van der Waals surface area contributed by atoms with Crippen LogP contribution in [0.2, 0.25) is 0 Å². The predicted molar refractivity (Wildman–Crippen MR) is 107 cm³/mol. The molecule has 140 valence electrons. The Hall–Kier alpha value is -2.60. The van der Waals surface area contributed by atoms with E-state index in [0.29, 0.717) is 6.42 Å². The lowest BCUT2D eigenvalue weighted by Crippen LogP contribution is -2.30. The van der Waals surface area contributed by atoms with E-state index in [2.05, 4.69) is 41.5 Å². The molecule has 0 atom stereocenters. The molecule has 0 spiro atoms. The molecule has 1 aromatic carbocycles. The normalized spacial score (nSPS) is 13.7. The summed E-state index contributed by atoms with van der Waals surface area (Å²) in [6.07, 6.45) is 2.85. The average Bonchev–Trinajstić information content (AvgIpc) is 3.17. The maximum Gasteiger partial charge on any atom is 0.306 e. The Kier molecular flexibility index (Phi) is 4.99. The number of aromatic amines is 1. The number of carbonyl (C=O) groups is 2. The third kappa shape index (κ3) is 4.22. The number of hydrogen-bond acceptors (Lipinski definition) is 4. The van der Waals surface area contributed by atoms with Gasteiger partial charge in [-0.05, 0) is 55.3 Å². The first-order valence-electron chi connectivity index (χ1n) is 9.20. The van der Waals surface area contributed by atoms with E-state index in [4.69, 9.17) is 4.74 Å². The first-order valence-corrected chi connectivity index (χ1v) is 10.1. The van der Waals surface area contributed by atoms with Crippen LogP contribution in [0.3, 0.4) is 0 Å². The Labute approximate surface area is 161 Å². The van der Waals surface area contributed by atoms with Crippen molar-refractivity contribution in [1.82, 2.24) is 10.3 Å². The lowest BCUT2D eigenvalue weighted by atomic mass is 10.0. The summed E-state index contributed by atoms with van der Waals surface area (Å²) in [5.41, 5.74) is 4.43. The van der Waals surface area contributed by atoms with Crippen molar-refractivity contribution in [1.29, 1.82) is 0 Å². The van der Waals surface area contributed by atoms with Crippen molar-refractivity contribution in [3.63, 3.8) is 0 Å². The van der Waals surface area contributed by atoms with Crippen molar-refractivity contribution in [3.8, 4) is 10.6 Å². The van der Waals surface area contributed by atoms with Gasteiger partial charge in [0.2, 0.25) is 0 Å². The maximum atomic E-state index is 12.1. The highest BCUT2D eigenvalue weighted by Gasteiger charge is 2.23. The molecule has 1 aliphatic rings. The van der Waals surface area contributed by atoms with E-state index < -0.39 is 0 Å². The standard InChI is InChI=1S/C21H22N2O3S/c1-13-4-8-17-16(11-13)15(21(23-17)18-3-2-10-27-18)7-9-20(25)26-12-19(24)22-14-5-6-14/h2-4,8,10-11,14,23H,5-7,9,12H2,1H3,(H,22,24). The van der Waals surface area contributed by atoms with E-state index in [0.717, 1.165) is 39.9 Å². The number of benzene rings is 1. The molecule has 1 amide bonds. The molecule has 2 N–H and O–H groups in total.